The summed E-state index contributed by atoms with van der Waals surface area (Å²) in [4.78, 5) is 20.4. The van der Waals surface area contributed by atoms with E-state index in [1.165, 1.54) is 12.4 Å². The minimum atomic E-state index is -0.280. The first-order chi connectivity index (χ1) is 11.2. The Morgan fingerprint density at radius 3 is 2.87 bits per heavy atom. The van der Waals surface area contributed by atoms with Crippen LogP contribution in [0.3, 0.4) is 0 Å². The lowest BCUT2D eigenvalue weighted by Gasteiger charge is -2.10. The number of hydrogen-bond donors (Lipinski definition) is 2. The van der Waals surface area contributed by atoms with E-state index in [1.54, 1.807) is 24.3 Å². The third kappa shape index (κ3) is 4.40. The largest absolute Gasteiger partial charge is 0.376 e. The van der Waals surface area contributed by atoms with Crippen LogP contribution in [0.2, 0.25) is 5.02 Å². The van der Waals surface area contributed by atoms with Crippen molar-refractivity contribution in [2.45, 2.75) is 18.9 Å². The van der Waals surface area contributed by atoms with Gasteiger partial charge in [0.05, 0.1) is 11.7 Å². The van der Waals surface area contributed by atoms with E-state index in [0.717, 1.165) is 19.4 Å². The van der Waals surface area contributed by atoms with Crippen LogP contribution >= 0.6 is 11.6 Å². The van der Waals surface area contributed by atoms with Crippen molar-refractivity contribution in [2.24, 2.45) is 0 Å². The van der Waals surface area contributed by atoms with Crippen molar-refractivity contribution < 1.29 is 9.53 Å². The molecule has 2 N–H and O–H groups in total. The van der Waals surface area contributed by atoms with Crippen LogP contribution in [0.4, 0.5) is 11.6 Å². The van der Waals surface area contributed by atoms with Gasteiger partial charge in [-0.25, -0.2) is 9.97 Å². The van der Waals surface area contributed by atoms with Crippen LogP contribution in [0.25, 0.3) is 0 Å². The summed E-state index contributed by atoms with van der Waals surface area (Å²) < 4.78 is 5.52. The topological polar surface area (TPSA) is 76.1 Å². The molecule has 6 nitrogen and oxygen atoms in total. The van der Waals surface area contributed by atoms with Gasteiger partial charge >= 0.3 is 0 Å². The fraction of sp³-hybridized carbons (Fsp3) is 0.312. The molecular formula is C16H17ClN4O2. The Hall–Kier alpha value is -2.18. The van der Waals surface area contributed by atoms with E-state index in [4.69, 9.17) is 16.3 Å². The number of anilines is 2. The maximum atomic E-state index is 12.1. The molecule has 1 saturated heterocycles. The zero-order valence-corrected chi connectivity index (χ0v) is 13.2. The number of benzene rings is 1. The summed E-state index contributed by atoms with van der Waals surface area (Å²) in [5, 5.41) is 6.43. The second-order valence-corrected chi connectivity index (χ2v) is 5.71. The number of carbonyl (C=O) groups excluding carboxylic acids is 1. The molecule has 3 rings (SSSR count). The standard InChI is InChI=1S/C16H17ClN4O2/c17-12-3-1-4-13(7-12)21-15(22)11-8-18-16(19-9-11)20-10-14-5-2-6-23-14/h1,3-4,7-9,14H,2,5-6,10H2,(H,21,22)(H,18,19,20). The predicted molar refractivity (Wildman–Crippen MR) is 88.9 cm³/mol. The van der Waals surface area contributed by atoms with Crippen molar-refractivity contribution in [3.8, 4) is 0 Å². The first kappa shape index (κ1) is 15.7. The van der Waals surface area contributed by atoms with Crippen molar-refractivity contribution in [1.29, 1.82) is 0 Å². The molecule has 0 radical (unpaired) electrons. The molecule has 1 unspecified atom stereocenters. The van der Waals surface area contributed by atoms with Crippen molar-refractivity contribution in [3.63, 3.8) is 0 Å². The third-order valence-corrected chi connectivity index (χ3v) is 3.74. The van der Waals surface area contributed by atoms with Gasteiger partial charge < -0.3 is 15.4 Å². The summed E-state index contributed by atoms with van der Waals surface area (Å²) >= 11 is 5.89. The number of halogens is 1. The molecular weight excluding hydrogens is 316 g/mol. The Morgan fingerprint density at radius 1 is 1.35 bits per heavy atom. The molecule has 120 valence electrons. The predicted octanol–water partition coefficient (Wildman–Crippen LogP) is 2.97. The van der Waals surface area contributed by atoms with E-state index < -0.39 is 0 Å². The zero-order valence-electron chi connectivity index (χ0n) is 12.5. The number of aromatic nitrogens is 2. The van der Waals surface area contributed by atoms with Crippen molar-refractivity contribution in [2.75, 3.05) is 23.8 Å². The fourth-order valence-corrected chi connectivity index (χ4v) is 2.51. The molecule has 2 aromatic rings. The Kier molecular flexibility index (Phi) is 5.05. The van der Waals surface area contributed by atoms with Gasteiger partial charge in [-0.15, -0.1) is 0 Å². The summed E-state index contributed by atoms with van der Waals surface area (Å²) in [5.41, 5.74) is 1.01. The van der Waals surface area contributed by atoms with E-state index in [-0.39, 0.29) is 12.0 Å². The monoisotopic (exact) mass is 332 g/mol. The second kappa shape index (κ2) is 7.39. The lowest BCUT2D eigenvalue weighted by Crippen LogP contribution is -2.20. The van der Waals surface area contributed by atoms with Gasteiger partial charge in [0, 0.05) is 36.3 Å². The lowest BCUT2D eigenvalue weighted by molar-refractivity contribution is 0.102. The Bertz CT molecular complexity index is 672. The van der Waals surface area contributed by atoms with Crippen LogP contribution in [-0.4, -0.2) is 35.1 Å². The van der Waals surface area contributed by atoms with Crippen LogP contribution in [0.5, 0.6) is 0 Å². The van der Waals surface area contributed by atoms with Crippen molar-refractivity contribution >= 4 is 29.1 Å². The maximum Gasteiger partial charge on any atom is 0.258 e. The van der Waals surface area contributed by atoms with Gasteiger partial charge in [0.1, 0.15) is 0 Å². The molecule has 23 heavy (non-hydrogen) atoms. The van der Waals surface area contributed by atoms with Crippen molar-refractivity contribution in [1.82, 2.24) is 9.97 Å². The quantitative estimate of drug-likeness (QED) is 0.880. The Balaban J connectivity index is 1.56. The molecule has 1 aromatic carbocycles. The number of nitrogens with zero attached hydrogens (tertiary/aromatic N) is 2. The SMILES string of the molecule is O=C(Nc1cccc(Cl)c1)c1cnc(NCC2CCCO2)nc1. The van der Waals surface area contributed by atoms with E-state index in [1.807, 2.05) is 0 Å². The first-order valence-electron chi connectivity index (χ1n) is 7.45. The van der Waals surface area contributed by atoms with Crippen molar-refractivity contribution in [3.05, 3.63) is 47.2 Å². The van der Waals surface area contributed by atoms with Gasteiger partial charge in [-0.2, -0.15) is 0 Å². The van der Waals surface area contributed by atoms with Crippen LogP contribution in [-0.2, 0) is 4.74 Å². The van der Waals surface area contributed by atoms with E-state index in [2.05, 4.69) is 20.6 Å². The van der Waals surface area contributed by atoms with Gasteiger partial charge in [-0.3, -0.25) is 4.79 Å². The van der Waals surface area contributed by atoms with Crippen LogP contribution in [0.1, 0.15) is 23.2 Å². The highest BCUT2D eigenvalue weighted by molar-refractivity contribution is 6.30. The minimum absolute atomic E-state index is 0.212. The molecule has 0 aliphatic carbocycles. The Morgan fingerprint density at radius 2 is 2.17 bits per heavy atom. The van der Waals surface area contributed by atoms with Gasteiger partial charge in [0.25, 0.3) is 5.91 Å². The molecule has 2 heterocycles. The number of ether oxygens (including phenoxy) is 1. The van der Waals surface area contributed by atoms with Gasteiger partial charge in [-0.05, 0) is 31.0 Å². The summed E-state index contributed by atoms with van der Waals surface area (Å²) in [6.07, 6.45) is 5.34. The summed E-state index contributed by atoms with van der Waals surface area (Å²) in [7, 11) is 0. The fourth-order valence-electron chi connectivity index (χ4n) is 2.32. The molecule has 0 saturated carbocycles. The summed E-state index contributed by atoms with van der Waals surface area (Å²) in [6, 6.07) is 6.96. The van der Waals surface area contributed by atoms with Gasteiger partial charge in [-0.1, -0.05) is 17.7 Å². The van der Waals surface area contributed by atoms with Crippen LogP contribution in [0.15, 0.2) is 36.7 Å². The van der Waals surface area contributed by atoms with Crippen LogP contribution < -0.4 is 10.6 Å². The molecule has 0 bridgehead atoms. The molecule has 1 atom stereocenters. The molecule has 1 fully saturated rings. The highest BCUT2D eigenvalue weighted by atomic mass is 35.5. The van der Waals surface area contributed by atoms with E-state index >= 15 is 0 Å². The van der Waals surface area contributed by atoms with E-state index in [9.17, 15) is 4.79 Å². The summed E-state index contributed by atoms with van der Waals surface area (Å²) in [6.45, 7) is 1.49. The highest BCUT2D eigenvalue weighted by Crippen LogP contribution is 2.16. The molecule has 1 aliphatic heterocycles. The van der Waals surface area contributed by atoms with Gasteiger partial charge in [0.15, 0.2) is 0 Å². The third-order valence-electron chi connectivity index (χ3n) is 3.51. The smallest absolute Gasteiger partial charge is 0.258 e. The number of nitrogens with one attached hydrogen (secondary N) is 2. The second-order valence-electron chi connectivity index (χ2n) is 5.28. The average Bonchev–Trinajstić information content (AvgIpc) is 3.07. The van der Waals surface area contributed by atoms with Gasteiger partial charge in [0.2, 0.25) is 5.95 Å². The number of carbonyl (C=O) groups is 1. The first-order valence-corrected chi connectivity index (χ1v) is 7.83. The minimum Gasteiger partial charge on any atom is -0.376 e. The normalized spacial score (nSPS) is 17.0. The summed E-state index contributed by atoms with van der Waals surface area (Å²) in [5.74, 6) is 0.206. The average molecular weight is 333 g/mol. The molecule has 1 amide bonds. The number of rotatable bonds is 5. The van der Waals surface area contributed by atoms with Crippen LogP contribution in [0, 0.1) is 0 Å². The highest BCUT2D eigenvalue weighted by Gasteiger charge is 2.15. The molecule has 0 spiro atoms. The lowest BCUT2D eigenvalue weighted by atomic mass is 10.2. The maximum absolute atomic E-state index is 12.1. The van der Waals surface area contributed by atoms with E-state index in [0.29, 0.717) is 28.8 Å². The zero-order chi connectivity index (χ0) is 16.1. The number of hydrogen-bond acceptors (Lipinski definition) is 5. The Labute approximate surface area is 139 Å². The number of amides is 1. The molecule has 1 aliphatic rings. The molecule has 7 heteroatoms. The molecule has 1 aromatic heterocycles.